The molecule has 4 aliphatic carbocycles. The van der Waals surface area contributed by atoms with Crippen molar-refractivity contribution < 1.29 is 4.79 Å². The molecule has 0 N–H and O–H groups in total. The summed E-state index contributed by atoms with van der Waals surface area (Å²) in [4.78, 5) is 15.9. The minimum Gasteiger partial charge on any atom is -0.342 e. The molecule has 1 amide bonds. The number of carbonyl (C=O) groups excluding carboxylic acids is 1. The highest BCUT2D eigenvalue weighted by Crippen LogP contribution is 2.66. The zero-order valence-electron chi connectivity index (χ0n) is 15.5. The van der Waals surface area contributed by atoms with Crippen molar-refractivity contribution in [2.45, 2.75) is 63.7 Å². The van der Waals surface area contributed by atoms with Crippen molar-refractivity contribution in [2.24, 2.45) is 23.2 Å². The zero-order chi connectivity index (χ0) is 17.1. The topological polar surface area (TPSA) is 20.3 Å². The lowest BCUT2D eigenvalue weighted by Gasteiger charge is -2.62. The van der Waals surface area contributed by atoms with Crippen molar-refractivity contribution in [3.8, 4) is 0 Å². The Morgan fingerprint density at radius 3 is 2.28 bits per heavy atom. The summed E-state index contributed by atoms with van der Waals surface area (Å²) in [6.07, 6.45) is 9.85. The number of hydrogen-bond acceptors (Lipinski definition) is 1. The molecular formula is C23H31NO. The fourth-order valence-corrected chi connectivity index (χ4v) is 7.19. The molecule has 0 spiro atoms. The van der Waals surface area contributed by atoms with Crippen LogP contribution in [0.5, 0.6) is 0 Å². The molecule has 0 radical (unpaired) electrons. The van der Waals surface area contributed by atoms with Crippen LogP contribution >= 0.6 is 0 Å². The van der Waals surface area contributed by atoms with E-state index in [1.54, 1.807) is 0 Å². The lowest BCUT2D eigenvalue weighted by molar-refractivity contribution is -0.161. The molecule has 5 aliphatic rings. The van der Waals surface area contributed by atoms with Crippen LogP contribution in [0.3, 0.4) is 0 Å². The summed E-state index contributed by atoms with van der Waals surface area (Å²) in [6.45, 7) is 4.32. The summed E-state index contributed by atoms with van der Waals surface area (Å²) in [5.41, 5.74) is 1.75. The molecule has 2 heteroatoms. The maximum Gasteiger partial charge on any atom is 0.228 e. The Morgan fingerprint density at radius 2 is 1.64 bits per heavy atom. The first-order chi connectivity index (χ1) is 12.1. The first-order valence-corrected chi connectivity index (χ1v) is 10.4. The maximum atomic E-state index is 13.7. The van der Waals surface area contributed by atoms with Crippen molar-refractivity contribution in [1.29, 1.82) is 0 Å². The molecule has 2 nitrogen and oxygen atoms in total. The molecule has 1 aromatic carbocycles. The highest BCUT2D eigenvalue weighted by Gasteiger charge is 2.61. The summed E-state index contributed by atoms with van der Waals surface area (Å²) >= 11 is 0. The number of benzene rings is 1. The number of rotatable bonds is 2. The maximum absolute atomic E-state index is 13.7. The summed E-state index contributed by atoms with van der Waals surface area (Å²) in [5, 5.41) is 0. The second-order valence-electron chi connectivity index (χ2n) is 9.86. The minimum atomic E-state index is -0.0412. The number of hydrogen-bond donors (Lipinski definition) is 0. The highest BCUT2D eigenvalue weighted by molar-refractivity contribution is 5.83. The van der Waals surface area contributed by atoms with E-state index in [9.17, 15) is 4.79 Å². The van der Waals surface area contributed by atoms with Crippen LogP contribution in [0.2, 0.25) is 0 Å². The van der Waals surface area contributed by atoms with E-state index in [1.807, 2.05) is 0 Å². The van der Waals surface area contributed by atoms with E-state index >= 15 is 0 Å². The number of carbonyl (C=O) groups is 1. The SMILES string of the molecule is CC1CCN(C(=O)C23CC4CC(C2)CC(c2ccccc2)(C4)C3)CC1. The van der Waals surface area contributed by atoms with Gasteiger partial charge in [0.25, 0.3) is 0 Å². The predicted molar refractivity (Wildman–Crippen MR) is 100 cm³/mol. The van der Waals surface area contributed by atoms with Crippen LogP contribution in [0.1, 0.15) is 63.9 Å². The quantitative estimate of drug-likeness (QED) is 0.760. The third-order valence-corrected chi connectivity index (χ3v) is 7.97. The van der Waals surface area contributed by atoms with E-state index in [1.165, 1.54) is 50.5 Å². The molecule has 1 aliphatic heterocycles. The Balaban J connectivity index is 1.47. The lowest BCUT2D eigenvalue weighted by atomic mass is 9.42. The Morgan fingerprint density at radius 1 is 1.00 bits per heavy atom. The standard InChI is InChI=1S/C23H31NO/c1-17-7-9-24(10-8-17)21(25)23-14-18-11-19(15-23)13-22(12-18,16-23)20-5-3-2-4-6-20/h2-6,17-19H,7-16H2,1H3. The molecular weight excluding hydrogens is 306 g/mol. The number of nitrogens with zero attached hydrogens (tertiary/aromatic N) is 1. The Bertz CT molecular complexity index is 644. The molecule has 4 bridgehead atoms. The van der Waals surface area contributed by atoms with Gasteiger partial charge >= 0.3 is 0 Å². The van der Waals surface area contributed by atoms with Crippen molar-refractivity contribution in [2.75, 3.05) is 13.1 Å². The summed E-state index contributed by atoms with van der Waals surface area (Å²) < 4.78 is 0. The molecule has 5 fully saturated rings. The van der Waals surface area contributed by atoms with Gasteiger partial charge in [-0.05, 0) is 80.1 Å². The van der Waals surface area contributed by atoms with E-state index in [0.717, 1.165) is 37.3 Å². The Hall–Kier alpha value is -1.31. The summed E-state index contributed by atoms with van der Waals surface area (Å²) in [5.74, 6) is 2.85. The minimum absolute atomic E-state index is 0.0412. The van der Waals surface area contributed by atoms with Crippen LogP contribution in [0.25, 0.3) is 0 Å². The van der Waals surface area contributed by atoms with E-state index in [2.05, 4.69) is 42.2 Å². The first-order valence-electron chi connectivity index (χ1n) is 10.4. The molecule has 0 aromatic heterocycles. The monoisotopic (exact) mass is 337 g/mol. The smallest absolute Gasteiger partial charge is 0.228 e. The van der Waals surface area contributed by atoms with Crippen molar-refractivity contribution in [3.05, 3.63) is 35.9 Å². The van der Waals surface area contributed by atoms with Crippen LogP contribution in [0, 0.1) is 23.2 Å². The lowest BCUT2D eigenvalue weighted by Crippen LogP contribution is -2.60. The second kappa shape index (κ2) is 5.59. The number of piperidine rings is 1. The van der Waals surface area contributed by atoms with Gasteiger partial charge < -0.3 is 4.90 Å². The zero-order valence-corrected chi connectivity index (χ0v) is 15.5. The van der Waals surface area contributed by atoms with Crippen LogP contribution in [-0.4, -0.2) is 23.9 Å². The van der Waals surface area contributed by atoms with Crippen LogP contribution < -0.4 is 0 Å². The van der Waals surface area contributed by atoms with Crippen molar-refractivity contribution in [3.63, 3.8) is 0 Å². The molecule has 1 saturated heterocycles. The average molecular weight is 338 g/mol. The molecule has 134 valence electrons. The van der Waals surface area contributed by atoms with Crippen molar-refractivity contribution in [1.82, 2.24) is 4.90 Å². The highest BCUT2D eigenvalue weighted by atomic mass is 16.2. The van der Waals surface area contributed by atoms with E-state index in [-0.39, 0.29) is 10.8 Å². The van der Waals surface area contributed by atoms with Gasteiger partial charge in [0.1, 0.15) is 0 Å². The van der Waals surface area contributed by atoms with Gasteiger partial charge in [-0.15, -0.1) is 0 Å². The Kier molecular flexibility index (Phi) is 3.56. The van der Waals surface area contributed by atoms with Crippen molar-refractivity contribution >= 4 is 5.91 Å². The molecule has 2 atom stereocenters. The van der Waals surface area contributed by atoms with Gasteiger partial charge in [-0.2, -0.15) is 0 Å². The Labute approximate surface area is 152 Å². The van der Waals surface area contributed by atoms with Gasteiger partial charge in [0, 0.05) is 13.1 Å². The summed E-state index contributed by atoms with van der Waals surface area (Å²) in [6, 6.07) is 11.2. The van der Waals surface area contributed by atoms with Crippen LogP contribution in [0.4, 0.5) is 0 Å². The third-order valence-electron chi connectivity index (χ3n) is 7.97. The second-order valence-corrected chi connectivity index (χ2v) is 9.86. The third kappa shape index (κ3) is 2.47. The number of likely N-dealkylation sites (tertiary alicyclic amines) is 1. The average Bonchev–Trinajstić information content (AvgIpc) is 2.61. The van der Waals surface area contributed by atoms with Crippen LogP contribution in [0.15, 0.2) is 30.3 Å². The molecule has 25 heavy (non-hydrogen) atoms. The largest absolute Gasteiger partial charge is 0.342 e. The molecule has 6 rings (SSSR count). The molecule has 1 heterocycles. The van der Waals surface area contributed by atoms with E-state index in [4.69, 9.17) is 0 Å². The van der Waals surface area contributed by atoms with Gasteiger partial charge in [-0.1, -0.05) is 37.3 Å². The summed E-state index contributed by atoms with van der Waals surface area (Å²) in [7, 11) is 0. The molecule has 2 unspecified atom stereocenters. The van der Waals surface area contributed by atoms with E-state index < -0.39 is 0 Å². The fourth-order valence-electron chi connectivity index (χ4n) is 7.19. The van der Waals surface area contributed by atoms with Crippen LogP contribution in [-0.2, 0) is 10.2 Å². The normalized spacial score (nSPS) is 40.4. The van der Waals surface area contributed by atoms with Gasteiger partial charge in [-0.25, -0.2) is 0 Å². The predicted octanol–water partition coefficient (Wildman–Crippen LogP) is 4.78. The number of amides is 1. The van der Waals surface area contributed by atoms with Gasteiger partial charge in [0.15, 0.2) is 0 Å². The van der Waals surface area contributed by atoms with Gasteiger partial charge in [-0.3, -0.25) is 4.79 Å². The van der Waals surface area contributed by atoms with Gasteiger partial charge in [0.05, 0.1) is 5.41 Å². The molecule has 1 aromatic rings. The fraction of sp³-hybridized carbons (Fsp3) is 0.696. The molecule has 4 saturated carbocycles. The first kappa shape index (κ1) is 15.9. The van der Waals surface area contributed by atoms with Gasteiger partial charge in [0.2, 0.25) is 5.91 Å². The van der Waals surface area contributed by atoms with E-state index in [0.29, 0.717) is 5.91 Å².